The van der Waals surface area contributed by atoms with Gasteiger partial charge in [0.1, 0.15) is 0 Å². The summed E-state index contributed by atoms with van der Waals surface area (Å²) in [7, 11) is 2.79. The molecule has 7 nitrogen and oxygen atoms in total. The Bertz CT molecular complexity index is 597. The Balaban J connectivity index is 2.16. The van der Waals surface area contributed by atoms with Crippen LogP contribution in [0, 0.1) is 0 Å². The molecule has 2 aromatic rings. The third kappa shape index (κ3) is 3.65. The maximum Gasteiger partial charge on any atom is 0.333 e. The van der Waals surface area contributed by atoms with Gasteiger partial charge in [-0.2, -0.15) is 0 Å². The zero-order chi connectivity index (χ0) is 15.2. The molecule has 1 unspecified atom stereocenters. The number of carbonyl (C=O) groups excluding carboxylic acids is 1. The first-order valence-corrected chi connectivity index (χ1v) is 6.24. The lowest BCUT2D eigenvalue weighted by Crippen LogP contribution is -2.18. The first-order valence-electron chi connectivity index (χ1n) is 6.24. The molecule has 0 radical (unpaired) electrons. The van der Waals surface area contributed by atoms with Crippen LogP contribution in [0.2, 0.25) is 0 Å². The quantitative estimate of drug-likeness (QED) is 0.773. The van der Waals surface area contributed by atoms with Gasteiger partial charge >= 0.3 is 24.0 Å². The molecule has 1 atom stereocenters. The van der Waals surface area contributed by atoms with Crippen molar-refractivity contribution in [3.8, 4) is 18.0 Å². The van der Waals surface area contributed by atoms with Crippen LogP contribution >= 0.6 is 0 Å². The zero-order valence-electron chi connectivity index (χ0n) is 11.9. The van der Waals surface area contributed by atoms with Crippen LogP contribution in [0.1, 0.15) is 18.4 Å². The maximum absolute atomic E-state index is 12.1. The number of ether oxygens (including phenoxy) is 3. The molecule has 0 saturated heterocycles. The van der Waals surface area contributed by atoms with Crippen LogP contribution in [0.3, 0.4) is 0 Å². The Morgan fingerprint density at radius 1 is 0.952 bits per heavy atom. The first-order chi connectivity index (χ1) is 10.1. The molecule has 7 heteroatoms. The predicted octanol–water partition coefficient (Wildman–Crippen LogP) is 1.60. The van der Waals surface area contributed by atoms with E-state index in [1.54, 1.807) is 6.92 Å². The van der Waals surface area contributed by atoms with Gasteiger partial charge in [-0.1, -0.05) is 30.3 Å². The third-order valence-corrected chi connectivity index (χ3v) is 2.78. The lowest BCUT2D eigenvalue weighted by atomic mass is 10.0. The van der Waals surface area contributed by atoms with Crippen LogP contribution in [0.15, 0.2) is 30.3 Å². The fraction of sp³-hybridized carbons (Fsp3) is 0.286. The van der Waals surface area contributed by atoms with Crippen molar-refractivity contribution < 1.29 is 19.0 Å². The Morgan fingerprint density at radius 2 is 1.48 bits per heavy atom. The minimum Gasteiger partial charge on any atom is -0.467 e. The molecule has 2 rings (SSSR count). The van der Waals surface area contributed by atoms with E-state index in [2.05, 4.69) is 15.0 Å². The Labute approximate surface area is 121 Å². The van der Waals surface area contributed by atoms with Gasteiger partial charge in [0, 0.05) is 0 Å². The number of carbonyl (C=O) groups is 1. The highest BCUT2D eigenvalue weighted by atomic mass is 16.6. The van der Waals surface area contributed by atoms with Gasteiger partial charge in [-0.3, -0.25) is 4.79 Å². The number of nitrogens with zero attached hydrogens (tertiary/aromatic N) is 3. The summed E-state index contributed by atoms with van der Waals surface area (Å²) in [4.78, 5) is 23.6. The first kappa shape index (κ1) is 14.7. The number of hydrogen-bond acceptors (Lipinski definition) is 7. The number of methoxy groups -OCH3 is 2. The summed E-state index contributed by atoms with van der Waals surface area (Å²) in [5, 5.41) is 0. The fourth-order valence-electron chi connectivity index (χ4n) is 1.60. The second-order valence-electron chi connectivity index (χ2n) is 4.14. The molecular weight excluding hydrogens is 274 g/mol. The van der Waals surface area contributed by atoms with Gasteiger partial charge in [-0.25, -0.2) is 0 Å². The molecule has 0 fully saturated rings. The normalized spacial score (nSPS) is 11.6. The zero-order valence-corrected chi connectivity index (χ0v) is 11.9. The number of benzene rings is 1. The van der Waals surface area contributed by atoms with Gasteiger partial charge in [0.15, 0.2) is 0 Å². The van der Waals surface area contributed by atoms with E-state index >= 15 is 0 Å². The van der Waals surface area contributed by atoms with E-state index in [-0.39, 0.29) is 18.0 Å². The summed E-state index contributed by atoms with van der Waals surface area (Å²) in [6.45, 7) is 1.74. The topological polar surface area (TPSA) is 83.4 Å². The van der Waals surface area contributed by atoms with Crippen molar-refractivity contribution in [2.75, 3.05) is 14.2 Å². The van der Waals surface area contributed by atoms with Crippen molar-refractivity contribution in [2.24, 2.45) is 0 Å². The van der Waals surface area contributed by atoms with Crippen molar-refractivity contribution in [2.45, 2.75) is 12.8 Å². The summed E-state index contributed by atoms with van der Waals surface area (Å²) >= 11 is 0. The van der Waals surface area contributed by atoms with Gasteiger partial charge in [-0.15, -0.1) is 15.0 Å². The predicted molar refractivity (Wildman–Crippen MR) is 73.4 cm³/mol. The molecule has 0 bridgehead atoms. The summed E-state index contributed by atoms with van der Waals surface area (Å²) in [5.41, 5.74) is 0.843. The Morgan fingerprint density at radius 3 is 2.00 bits per heavy atom. The molecule has 1 aromatic carbocycles. The third-order valence-electron chi connectivity index (χ3n) is 2.78. The molecule has 1 aromatic heterocycles. The van der Waals surface area contributed by atoms with E-state index in [1.165, 1.54) is 14.2 Å². The second-order valence-corrected chi connectivity index (χ2v) is 4.14. The standard InChI is InChI=1S/C14H15N3O4/c1-9(10-7-5-4-6-8-10)11(18)21-14-16-12(19-2)15-13(17-14)20-3/h4-9H,1-3H3. The average Bonchev–Trinajstić information content (AvgIpc) is 2.54. The van der Waals surface area contributed by atoms with Gasteiger partial charge in [0.25, 0.3) is 0 Å². The van der Waals surface area contributed by atoms with Crippen LogP contribution < -0.4 is 14.2 Å². The average molecular weight is 289 g/mol. The van der Waals surface area contributed by atoms with Crippen LogP contribution in [-0.4, -0.2) is 35.1 Å². The van der Waals surface area contributed by atoms with Crippen LogP contribution in [-0.2, 0) is 4.79 Å². The molecule has 0 saturated carbocycles. The molecule has 21 heavy (non-hydrogen) atoms. The van der Waals surface area contributed by atoms with Crippen molar-refractivity contribution in [3.63, 3.8) is 0 Å². The van der Waals surface area contributed by atoms with Crippen molar-refractivity contribution in [3.05, 3.63) is 35.9 Å². The molecule has 110 valence electrons. The van der Waals surface area contributed by atoms with Crippen molar-refractivity contribution >= 4 is 5.97 Å². The van der Waals surface area contributed by atoms with Gasteiger partial charge in [0.05, 0.1) is 20.1 Å². The monoisotopic (exact) mass is 289 g/mol. The number of rotatable bonds is 5. The fourth-order valence-corrected chi connectivity index (χ4v) is 1.60. The Kier molecular flexibility index (Phi) is 4.65. The lowest BCUT2D eigenvalue weighted by molar-refractivity contribution is -0.136. The molecule has 0 aliphatic heterocycles. The smallest absolute Gasteiger partial charge is 0.333 e. The SMILES string of the molecule is COc1nc(OC)nc(OC(=O)C(C)c2ccccc2)n1. The highest BCUT2D eigenvalue weighted by Gasteiger charge is 2.20. The van der Waals surface area contributed by atoms with E-state index in [1.807, 2.05) is 30.3 Å². The largest absolute Gasteiger partial charge is 0.467 e. The molecule has 0 aliphatic rings. The maximum atomic E-state index is 12.1. The Hall–Kier alpha value is -2.70. The molecule has 0 N–H and O–H groups in total. The van der Waals surface area contributed by atoms with Gasteiger partial charge in [0.2, 0.25) is 0 Å². The van der Waals surface area contributed by atoms with E-state index in [0.717, 1.165) is 5.56 Å². The van der Waals surface area contributed by atoms with Crippen LogP contribution in [0.4, 0.5) is 0 Å². The summed E-state index contributed by atoms with van der Waals surface area (Å²) < 4.78 is 14.9. The lowest BCUT2D eigenvalue weighted by Gasteiger charge is -2.10. The highest BCUT2D eigenvalue weighted by Crippen LogP contribution is 2.19. The van der Waals surface area contributed by atoms with Gasteiger partial charge in [-0.05, 0) is 12.5 Å². The van der Waals surface area contributed by atoms with E-state index in [4.69, 9.17) is 14.2 Å². The van der Waals surface area contributed by atoms with Gasteiger partial charge < -0.3 is 14.2 Å². The van der Waals surface area contributed by atoms with E-state index in [0.29, 0.717) is 0 Å². The summed E-state index contributed by atoms with van der Waals surface area (Å²) in [5.74, 6) is -0.920. The minimum atomic E-state index is -0.475. The minimum absolute atomic E-state index is 0.0111. The molecule has 0 amide bonds. The molecule has 0 aliphatic carbocycles. The molecular formula is C14H15N3O4. The van der Waals surface area contributed by atoms with E-state index in [9.17, 15) is 4.79 Å². The number of esters is 1. The molecule has 1 heterocycles. The van der Waals surface area contributed by atoms with Crippen molar-refractivity contribution in [1.29, 1.82) is 0 Å². The van der Waals surface area contributed by atoms with Crippen molar-refractivity contribution in [1.82, 2.24) is 15.0 Å². The van der Waals surface area contributed by atoms with Crippen LogP contribution in [0.5, 0.6) is 18.0 Å². The van der Waals surface area contributed by atoms with Crippen LogP contribution in [0.25, 0.3) is 0 Å². The second kappa shape index (κ2) is 6.65. The molecule has 0 spiro atoms. The number of aromatic nitrogens is 3. The highest BCUT2D eigenvalue weighted by molar-refractivity contribution is 5.79. The summed E-state index contributed by atoms with van der Waals surface area (Å²) in [6.07, 6.45) is 0. The number of hydrogen-bond donors (Lipinski definition) is 0. The summed E-state index contributed by atoms with van der Waals surface area (Å²) in [6, 6.07) is 9.15. The van der Waals surface area contributed by atoms with E-state index < -0.39 is 11.9 Å².